The lowest BCUT2D eigenvalue weighted by Gasteiger charge is -2.24. The van der Waals surface area contributed by atoms with Gasteiger partial charge in [0.25, 0.3) is 0 Å². The monoisotopic (exact) mass is 324 g/mol. The molecule has 0 spiro atoms. The number of carbonyl (C=O) groups excluding carboxylic acids is 1. The maximum atomic E-state index is 13.1. The second-order valence-electron chi connectivity index (χ2n) is 3.48. The van der Waals surface area contributed by atoms with Crippen molar-refractivity contribution in [3.63, 3.8) is 0 Å². The molecule has 1 aliphatic heterocycles. The molecule has 2 rings (SSSR count). The molecular formula is C10H7F2IO2. The zero-order chi connectivity index (χ0) is 11.2. The number of fused-ring (bicyclic) bond motifs is 1. The van der Waals surface area contributed by atoms with Gasteiger partial charge in [-0.15, -0.1) is 0 Å². The van der Waals surface area contributed by atoms with Crippen LogP contribution in [0.2, 0.25) is 0 Å². The van der Waals surface area contributed by atoms with Crippen molar-refractivity contribution in [2.75, 3.05) is 0 Å². The summed E-state index contributed by atoms with van der Waals surface area (Å²) in [6.45, 7) is 1.73. The Morgan fingerprint density at radius 2 is 2.13 bits per heavy atom. The minimum absolute atomic E-state index is 0.284. The maximum Gasteiger partial charge on any atom is 0.382 e. The van der Waals surface area contributed by atoms with Gasteiger partial charge in [0.05, 0.1) is 6.42 Å². The molecule has 0 radical (unpaired) electrons. The molecule has 2 nitrogen and oxygen atoms in total. The van der Waals surface area contributed by atoms with E-state index in [-0.39, 0.29) is 5.75 Å². The molecule has 0 fully saturated rings. The van der Waals surface area contributed by atoms with Crippen LogP contribution in [-0.2, 0) is 11.2 Å². The normalized spacial score (nSPS) is 18.3. The lowest BCUT2D eigenvalue weighted by Crippen LogP contribution is -2.39. The van der Waals surface area contributed by atoms with Gasteiger partial charge in [0.2, 0.25) is 0 Å². The summed E-state index contributed by atoms with van der Waals surface area (Å²) in [5.41, 5.74) is 1.10. The maximum absolute atomic E-state index is 13.1. The van der Waals surface area contributed by atoms with Gasteiger partial charge >= 0.3 is 11.9 Å². The molecule has 0 unspecified atom stereocenters. The van der Waals surface area contributed by atoms with E-state index >= 15 is 0 Å². The van der Waals surface area contributed by atoms with E-state index in [2.05, 4.69) is 4.74 Å². The minimum atomic E-state index is -3.40. The predicted molar refractivity (Wildman–Crippen MR) is 58.2 cm³/mol. The quantitative estimate of drug-likeness (QED) is 0.417. The van der Waals surface area contributed by atoms with Crippen molar-refractivity contribution < 1.29 is 18.3 Å². The fourth-order valence-electron chi connectivity index (χ4n) is 1.56. The third-order valence-electron chi connectivity index (χ3n) is 2.22. The first-order valence-corrected chi connectivity index (χ1v) is 5.37. The zero-order valence-corrected chi connectivity index (χ0v) is 9.97. The summed E-state index contributed by atoms with van der Waals surface area (Å²) < 4.78 is 31.6. The van der Waals surface area contributed by atoms with Gasteiger partial charge in [0.1, 0.15) is 5.75 Å². The highest BCUT2D eigenvalue weighted by atomic mass is 127. The minimum Gasteiger partial charge on any atom is -0.422 e. The van der Waals surface area contributed by atoms with Crippen LogP contribution in [-0.4, -0.2) is 11.9 Å². The highest BCUT2D eigenvalue weighted by Crippen LogP contribution is 2.36. The highest BCUT2D eigenvalue weighted by molar-refractivity contribution is 14.1. The van der Waals surface area contributed by atoms with E-state index in [0.29, 0.717) is 11.1 Å². The number of hydrogen-bond acceptors (Lipinski definition) is 2. The number of aryl methyl sites for hydroxylation is 1. The smallest absolute Gasteiger partial charge is 0.382 e. The van der Waals surface area contributed by atoms with Crippen molar-refractivity contribution in [2.24, 2.45) is 0 Å². The molecule has 1 aliphatic rings. The van der Waals surface area contributed by atoms with Gasteiger partial charge in [-0.2, -0.15) is 8.78 Å². The standard InChI is InChI=1S/C10H7F2IO2/c1-5-2-7(13)3-6-4-10(11,12)9(14)15-8(5)6/h2-3H,4H2,1H3. The molecule has 15 heavy (non-hydrogen) atoms. The summed E-state index contributed by atoms with van der Waals surface area (Å²) >= 11 is 2.04. The first-order valence-electron chi connectivity index (χ1n) is 4.29. The Morgan fingerprint density at radius 3 is 2.80 bits per heavy atom. The summed E-state index contributed by atoms with van der Waals surface area (Å²) in [4.78, 5) is 10.9. The average Bonchev–Trinajstić information content (AvgIpc) is 2.08. The molecule has 0 N–H and O–H groups in total. The van der Waals surface area contributed by atoms with Gasteiger partial charge in [-0.1, -0.05) is 0 Å². The molecule has 5 heteroatoms. The lowest BCUT2D eigenvalue weighted by atomic mass is 10.0. The Morgan fingerprint density at radius 1 is 1.47 bits per heavy atom. The molecule has 0 bridgehead atoms. The number of hydrogen-bond donors (Lipinski definition) is 0. The number of alkyl halides is 2. The predicted octanol–water partition coefficient (Wildman–Crippen LogP) is 2.70. The van der Waals surface area contributed by atoms with E-state index in [1.807, 2.05) is 22.6 Å². The fourth-order valence-corrected chi connectivity index (χ4v) is 2.40. The number of ether oxygens (including phenoxy) is 1. The first-order chi connectivity index (χ1) is 6.90. The third-order valence-corrected chi connectivity index (χ3v) is 2.85. The molecule has 1 aromatic rings. The van der Waals surface area contributed by atoms with E-state index in [1.54, 1.807) is 19.1 Å². The third kappa shape index (κ3) is 1.84. The van der Waals surface area contributed by atoms with E-state index in [9.17, 15) is 13.6 Å². The van der Waals surface area contributed by atoms with Crippen molar-refractivity contribution in [1.82, 2.24) is 0 Å². The van der Waals surface area contributed by atoms with Crippen LogP contribution in [0.25, 0.3) is 0 Å². The van der Waals surface area contributed by atoms with Crippen LogP contribution in [0.15, 0.2) is 12.1 Å². The van der Waals surface area contributed by atoms with Crippen molar-refractivity contribution in [3.8, 4) is 5.75 Å². The Hall–Kier alpha value is -0.720. The molecule has 0 aliphatic carbocycles. The van der Waals surface area contributed by atoms with Crippen molar-refractivity contribution in [2.45, 2.75) is 19.3 Å². The van der Waals surface area contributed by atoms with Gasteiger partial charge in [-0.05, 0) is 47.2 Å². The number of esters is 1. The number of rotatable bonds is 0. The Kier molecular flexibility index (Phi) is 2.44. The number of carbonyl (C=O) groups is 1. The lowest BCUT2D eigenvalue weighted by molar-refractivity contribution is -0.163. The zero-order valence-electron chi connectivity index (χ0n) is 7.81. The molecule has 0 atom stereocenters. The van der Waals surface area contributed by atoms with Crippen LogP contribution in [0.5, 0.6) is 5.75 Å². The Labute approximate surface area is 98.8 Å². The molecule has 0 saturated carbocycles. The number of halogens is 3. The van der Waals surface area contributed by atoms with Crippen molar-refractivity contribution in [1.29, 1.82) is 0 Å². The van der Waals surface area contributed by atoms with Gasteiger partial charge in [0.15, 0.2) is 0 Å². The molecule has 1 heterocycles. The molecule has 1 aromatic carbocycles. The van der Waals surface area contributed by atoms with E-state index < -0.39 is 18.3 Å². The molecule has 80 valence electrons. The highest BCUT2D eigenvalue weighted by Gasteiger charge is 2.45. The summed E-state index contributed by atoms with van der Waals surface area (Å²) in [7, 11) is 0. The second kappa shape index (κ2) is 3.40. The second-order valence-corrected chi connectivity index (χ2v) is 4.73. The Balaban J connectivity index is 2.55. The Bertz CT molecular complexity index is 443. The van der Waals surface area contributed by atoms with E-state index in [0.717, 1.165) is 3.57 Å². The van der Waals surface area contributed by atoms with Crippen LogP contribution in [0.3, 0.4) is 0 Å². The summed E-state index contributed by atoms with van der Waals surface area (Å²) in [5.74, 6) is -4.57. The van der Waals surface area contributed by atoms with Crippen LogP contribution in [0.1, 0.15) is 11.1 Å². The van der Waals surface area contributed by atoms with Crippen LogP contribution >= 0.6 is 22.6 Å². The van der Waals surface area contributed by atoms with E-state index in [1.165, 1.54) is 0 Å². The van der Waals surface area contributed by atoms with Gasteiger partial charge in [0, 0.05) is 9.13 Å². The van der Waals surface area contributed by atoms with Gasteiger partial charge in [-0.3, -0.25) is 0 Å². The fraction of sp³-hybridized carbons (Fsp3) is 0.300. The van der Waals surface area contributed by atoms with E-state index in [4.69, 9.17) is 0 Å². The van der Waals surface area contributed by atoms with Crippen LogP contribution in [0, 0.1) is 10.5 Å². The van der Waals surface area contributed by atoms with Crippen molar-refractivity contribution >= 4 is 28.6 Å². The van der Waals surface area contributed by atoms with Crippen molar-refractivity contribution in [3.05, 3.63) is 26.8 Å². The first kappa shape index (κ1) is 10.8. The molecular weight excluding hydrogens is 317 g/mol. The van der Waals surface area contributed by atoms with Gasteiger partial charge < -0.3 is 4.74 Å². The average molecular weight is 324 g/mol. The van der Waals surface area contributed by atoms with Crippen LogP contribution < -0.4 is 4.74 Å². The van der Waals surface area contributed by atoms with Crippen LogP contribution in [0.4, 0.5) is 8.78 Å². The summed E-state index contributed by atoms with van der Waals surface area (Å²) in [6.07, 6.45) is -0.571. The molecule has 0 saturated heterocycles. The molecule has 0 amide bonds. The van der Waals surface area contributed by atoms with Gasteiger partial charge in [-0.25, -0.2) is 4.79 Å². The number of benzene rings is 1. The SMILES string of the molecule is Cc1cc(I)cc2c1OC(=O)C(F)(F)C2. The topological polar surface area (TPSA) is 26.3 Å². The largest absolute Gasteiger partial charge is 0.422 e. The summed E-state index contributed by atoms with van der Waals surface area (Å²) in [6, 6.07) is 3.40. The summed E-state index contributed by atoms with van der Waals surface area (Å²) in [5, 5.41) is 0. The molecule has 0 aromatic heterocycles.